The zero-order valence-corrected chi connectivity index (χ0v) is 8.04. The van der Waals surface area contributed by atoms with E-state index in [9.17, 15) is 4.79 Å². The average Bonchev–Trinajstić information content (AvgIpc) is 2.09. The van der Waals surface area contributed by atoms with Gasteiger partial charge in [0.05, 0.1) is 13.2 Å². The molecule has 13 heavy (non-hydrogen) atoms. The lowest BCUT2D eigenvalue weighted by molar-refractivity contribution is -0.211. The van der Waals surface area contributed by atoms with Gasteiger partial charge in [-0.05, 0) is 12.8 Å². The Morgan fingerprint density at radius 2 is 2.38 bits per heavy atom. The third kappa shape index (κ3) is 2.56. The quantitative estimate of drug-likeness (QED) is 0.481. The molecule has 0 radical (unpaired) electrons. The largest absolute Gasteiger partial charge is 0.451 e. The van der Waals surface area contributed by atoms with Crippen molar-refractivity contribution in [1.82, 2.24) is 0 Å². The number of carbonyl (C=O) groups excluding carboxylic acids is 1. The summed E-state index contributed by atoms with van der Waals surface area (Å²) >= 11 is 0. The third-order valence-corrected chi connectivity index (χ3v) is 2.20. The molecule has 0 aromatic heterocycles. The Balaban J connectivity index is 2.39. The second-order valence-corrected chi connectivity index (χ2v) is 3.40. The molecule has 0 saturated carbocycles. The normalized spacial score (nSPS) is 18.8. The van der Waals surface area contributed by atoms with Gasteiger partial charge in [-0.15, -0.1) is 0 Å². The predicted octanol–water partition coefficient (Wildman–Crippen LogP) is 1.67. The first-order chi connectivity index (χ1) is 6.22. The molecule has 1 saturated heterocycles. The summed E-state index contributed by atoms with van der Waals surface area (Å²) in [7, 11) is 0. The van der Waals surface area contributed by atoms with E-state index in [4.69, 9.17) is 9.47 Å². The predicted molar refractivity (Wildman–Crippen MR) is 49.4 cm³/mol. The molecule has 0 unspecified atom stereocenters. The van der Waals surface area contributed by atoms with Gasteiger partial charge in [-0.2, -0.15) is 0 Å². The smallest absolute Gasteiger partial charge is 0.330 e. The van der Waals surface area contributed by atoms with Gasteiger partial charge >= 0.3 is 5.97 Å². The molecular formula is C10H16O3. The van der Waals surface area contributed by atoms with Crippen LogP contribution in [0.4, 0.5) is 0 Å². The van der Waals surface area contributed by atoms with E-state index in [1.807, 2.05) is 0 Å². The van der Waals surface area contributed by atoms with Crippen molar-refractivity contribution in [1.29, 1.82) is 0 Å². The Hall–Kier alpha value is -0.830. The number of unbranched alkanes of at least 4 members (excludes halogenated alkanes) is 1. The van der Waals surface area contributed by atoms with Crippen molar-refractivity contribution in [2.45, 2.75) is 31.8 Å². The van der Waals surface area contributed by atoms with Crippen molar-refractivity contribution in [3.05, 3.63) is 12.7 Å². The minimum absolute atomic E-state index is 0.346. The van der Waals surface area contributed by atoms with Gasteiger partial charge in [-0.3, -0.25) is 0 Å². The van der Waals surface area contributed by atoms with E-state index >= 15 is 0 Å². The molecule has 1 fully saturated rings. The maximum absolute atomic E-state index is 11.0. The van der Waals surface area contributed by atoms with E-state index in [1.165, 1.54) is 6.08 Å². The molecule has 74 valence electrons. The van der Waals surface area contributed by atoms with Crippen LogP contribution >= 0.6 is 0 Å². The number of ether oxygens (including phenoxy) is 2. The van der Waals surface area contributed by atoms with Crippen molar-refractivity contribution >= 4 is 5.97 Å². The number of rotatable bonds is 5. The molecule has 0 N–H and O–H groups in total. The van der Waals surface area contributed by atoms with E-state index in [0.29, 0.717) is 13.2 Å². The standard InChI is InChI=1S/C10H16O3/c1-3-5-6-10(7-12-8-10)13-9(11)4-2/h4H,2-3,5-8H2,1H3. The van der Waals surface area contributed by atoms with Gasteiger partial charge in [-0.1, -0.05) is 19.9 Å². The molecule has 0 spiro atoms. The van der Waals surface area contributed by atoms with Crippen molar-refractivity contribution in [2.24, 2.45) is 0 Å². The zero-order valence-electron chi connectivity index (χ0n) is 8.04. The van der Waals surface area contributed by atoms with Crippen LogP contribution in [-0.4, -0.2) is 24.8 Å². The summed E-state index contributed by atoms with van der Waals surface area (Å²) in [5, 5.41) is 0. The molecular weight excluding hydrogens is 168 g/mol. The molecule has 0 aromatic rings. The SMILES string of the molecule is C=CC(=O)OC1(CCCC)COC1. The summed E-state index contributed by atoms with van der Waals surface area (Å²) < 4.78 is 10.3. The Bertz CT molecular complexity index is 194. The van der Waals surface area contributed by atoms with E-state index in [0.717, 1.165) is 19.3 Å². The van der Waals surface area contributed by atoms with Gasteiger partial charge in [0.2, 0.25) is 0 Å². The second-order valence-electron chi connectivity index (χ2n) is 3.40. The summed E-state index contributed by atoms with van der Waals surface area (Å²) in [6.45, 7) is 6.55. The number of hydrogen-bond acceptors (Lipinski definition) is 3. The Morgan fingerprint density at radius 3 is 2.77 bits per heavy atom. The van der Waals surface area contributed by atoms with Crippen LogP contribution in [0, 0.1) is 0 Å². The van der Waals surface area contributed by atoms with Crippen molar-refractivity contribution in [3.63, 3.8) is 0 Å². The maximum Gasteiger partial charge on any atom is 0.330 e. The van der Waals surface area contributed by atoms with Gasteiger partial charge in [0, 0.05) is 6.08 Å². The minimum Gasteiger partial charge on any atom is -0.451 e. The first-order valence-corrected chi connectivity index (χ1v) is 4.65. The average molecular weight is 184 g/mol. The number of carbonyl (C=O) groups is 1. The molecule has 3 heteroatoms. The van der Waals surface area contributed by atoms with Crippen LogP contribution in [0.3, 0.4) is 0 Å². The summed E-state index contributed by atoms with van der Waals surface area (Å²) in [6, 6.07) is 0. The Labute approximate surface area is 78.7 Å². The van der Waals surface area contributed by atoms with Crippen molar-refractivity contribution < 1.29 is 14.3 Å². The van der Waals surface area contributed by atoms with Crippen LogP contribution in [0.2, 0.25) is 0 Å². The fraction of sp³-hybridized carbons (Fsp3) is 0.700. The van der Waals surface area contributed by atoms with E-state index < -0.39 is 0 Å². The van der Waals surface area contributed by atoms with Gasteiger partial charge in [0.25, 0.3) is 0 Å². The molecule has 0 amide bonds. The lowest BCUT2D eigenvalue weighted by Gasteiger charge is -2.40. The second kappa shape index (κ2) is 4.42. The molecule has 0 atom stereocenters. The van der Waals surface area contributed by atoms with Crippen LogP contribution in [0.1, 0.15) is 26.2 Å². The maximum atomic E-state index is 11.0. The molecule has 1 aliphatic heterocycles. The lowest BCUT2D eigenvalue weighted by atomic mass is 9.94. The van der Waals surface area contributed by atoms with Crippen molar-refractivity contribution in [3.8, 4) is 0 Å². The zero-order chi connectivity index (χ0) is 9.73. The van der Waals surface area contributed by atoms with E-state index in [-0.39, 0.29) is 11.6 Å². The monoisotopic (exact) mass is 184 g/mol. The Morgan fingerprint density at radius 1 is 1.69 bits per heavy atom. The highest BCUT2D eigenvalue weighted by molar-refractivity contribution is 5.81. The van der Waals surface area contributed by atoms with Crippen LogP contribution in [0.5, 0.6) is 0 Å². The van der Waals surface area contributed by atoms with Gasteiger partial charge in [0.15, 0.2) is 5.60 Å². The fourth-order valence-electron chi connectivity index (χ4n) is 1.34. The lowest BCUT2D eigenvalue weighted by Crippen LogP contribution is -2.52. The van der Waals surface area contributed by atoms with Crippen LogP contribution < -0.4 is 0 Å². The summed E-state index contributed by atoms with van der Waals surface area (Å²) in [4.78, 5) is 11.0. The summed E-state index contributed by atoms with van der Waals surface area (Å²) in [6.07, 6.45) is 4.26. The molecule has 0 aliphatic carbocycles. The highest BCUT2D eigenvalue weighted by Crippen LogP contribution is 2.28. The molecule has 1 rings (SSSR count). The van der Waals surface area contributed by atoms with E-state index in [2.05, 4.69) is 13.5 Å². The van der Waals surface area contributed by atoms with Crippen LogP contribution in [0.15, 0.2) is 12.7 Å². The van der Waals surface area contributed by atoms with Crippen LogP contribution in [-0.2, 0) is 14.3 Å². The topological polar surface area (TPSA) is 35.5 Å². The summed E-state index contributed by atoms with van der Waals surface area (Å²) in [5.74, 6) is -0.348. The van der Waals surface area contributed by atoms with E-state index in [1.54, 1.807) is 0 Å². The fourth-order valence-corrected chi connectivity index (χ4v) is 1.34. The van der Waals surface area contributed by atoms with Gasteiger partial charge in [0.1, 0.15) is 0 Å². The molecule has 1 aliphatic rings. The number of esters is 1. The first kappa shape index (κ1) is 10.3. The van der Waals surface area contributed by atoms with Gasteiger partial charge < -0.3 is 9.47 Å². The molecule has 0 bridgehead atoms. The highest BCUT2D eigenvalue weighted by Gasteiger charge is 2.41. The molecule has 3 nitrogen and oxygen atoms in total. The molecule has 1 heterocycles. The number of hydrogen-bond donors (Lipinski definition) is 0. The minimum atomic E-state index is -0.348. The molecule has 0 aromatic carbocycles. The van der Waals surface area contributed by atoms with Gasteiger partial charge in [-0.25, -0.2) is 4.79 Å². The van der Waals surface area contributed by atoms with Crippen molar-refractivity contribution in [2.75, 3.05) is 13.2 Å². The van der Waals surface area contributed by atoms with Crippen LogP contribution in [0.25, 0.3) is 0 Å². The Kier molecular flexibility index (Phi) is 3.48. The highest BCUT2D eigenvalue weighted by atomic mass is 16.6. The summed E-state index contributed by atoms with van der Waals surface area (Å²) in [5.41, 5.74) is -0.346. The third-order valence-electron chi connectivity index (χ3n) is 2.20. The first-order valence-electron chi connectivity index (χ1n) is 4.65.